The van der Waals surface area contributed by atoms with E-state index in [9.17, 15) is 0 Å². The Morgan fingerprint density at radius 3 is 3.07 bits per heavy atom. The summed E-state index contributed by atoms with van der Waals surface area (Å²) < 4.78 is 4.62. The molecule has 15 heavy (non-hydrogen) atoms. The second-order valence-corrected chi connectivity index (χ2v) is 3.25. The molecule has 0 spiro atoms. The van der Waals surface area contributed by atoms with Crippen LogP contribution in [-0.2, 0) is 0 Å². The first kappa shape index (κ1) is 8.22. The van der Waals surface area contributed by atoms with Crippen molar-refractivity contribution in [2.75, 3.05) is 18.4 Å². The van der Waals surface area contributed by atoms with Gasteiger partial charge in [0.05, 0.1) is 6.54 Å². The third-order valence-electron chi connectivity index (χ3n) is 2.19. The van der Waals surface area contributed by atoms with Crippen molar-refractivity contribution in [3.8, 4) is 0 Å². The van der Waals surface area contributed by atoms with Crippen LogP contribution >= 0.6 is 0 Å². The zero-order valence-corrected chi connectivity index (χ0v) is 7.90. The number of aliphatic imine (C=N–C) groups is 1. The van der Waals surface area contributed by atoms with Gasteiger partial charge in [-0.2, -0.15) is 0 Å². The molecule has 1 aliphatic heterocycles. The molecule has 2 heterocycles. The predicted molar refractivity (Wildman–Crippen MR) is 55.7 cm³/mol. The number of hydrogen-bond donors (Lipinski definition) is 2. The van der Waals surface area contributed by atoms with E-state index in [1.807, 2.05) is 18.2 Å². The molecule has 1 aromatic heterocycles. The first-order chi connectivity index (χ1) is 7.42. The molecule has 2 N–H and O–H groups in total. The average molecular weight is 203 g/mol. The maximum absolute atomic E-state index is 4.62. The van der Waals surface area contributed by atoms with Crippen molar-refractivity contribution in [1.29, 1.82) is 0 Å². The van der Waals surface area contributed by atoms with Crippen molar-refractivity contribution in [3.63, 3.8) is 0 Å². The number of anilines is 1. The minimum atomic E-state index is 0.735. The minimum absolute atomic E-state index is 0.735. The Hall–Kier alpha value is -2.11. The van der Waals surface area contributed by atoms with E-state index in [-0.39, 0.29) is 0 Å². The molecule has 0 aliphatic carbocycles. The molecule has 0 amide bonds. The summed E-state index contributed by atoms with van der Waals surface area (Å²) in [6.07, 6.45) is 0. The maximum Gasteiger partial charge on any atom is 0.195 e. The molecule has 0 radical (unpaired) electrons. The number of nitrogens with zero attached hydrogens (tertiary/aromatic N) is 3. The quantitative estimate of drug-likeness (QED) is 0.709. The molecule has 3 rings (SSSR count). The molecule has 6 nitrogen and oxygen atoms in total. The van der Waals surface area contributed by atoms with Crippen molar-refractivity contribution < 1.29 is 4.63 Å². The molecule has 6 heteroatoms. The number of rotatable bonds is 1. The SMILES string of the molecule is c1cc2nonc2cc1NC1=NCCN1. The van der Waals surface area contributed by atoms with Gasteiger partial charge in [-0.1, -0.05) is 0 Å². The Bertz CT molecular complexity index is 518. The Morgan fingerprint density at radius 1 is 1.27 bits per heavy atom. The smallest absolute Gasteiger partial charge is 0.195 e. The highest BCUT2D eigenvalue weighted by molar-refractivity contribution is 5.96. The monoisotopic (exact) mass is 203 g/mol. The van der Waals surface area contributed by atoms with E-state index in [0.29, 0.717) is 0 Å². The number of benzene rings is 1. The van der Waals surface area contributed by atoms with E-state index < -0.39 is 0 Å². The molecule has 0 atom stereocenters. The standard InChI is InChI=1S/C9H9N5O/c1-2-7-8(14-15-13-7)5-6(1)12-9-10-3-4-11-9/h1-2,5H,3-4H2,(H2,10,11,12). The summed E-state index contributed by atoms with van der Waals surface area (Å²) in [5, 5.41) is 13.8. The first-order valence-electron chi connectivity index (χ1n) is 4.69. The van der Waals surface area contributed by atoms with E-state index in [1.54, 1.807) is 0 Å². The van der Waals surface area contributed by atoms with Crippen molar-refractivity contribution in [2.24, 2.45) is 4.99 Å². The average Bonchev–Trinajstić information content (AvgIpc) is 2.87. The maximum atomic E-state index is 4.62. The Morgan fingerprint density at radius 2 is 2.20 bits per heavy atom. The number of aromatic nitrogens is 2. The van der Waals surface area contributed by atoms with Crippen LogP contribution in [0.2, 0.25) is 0 Å². The van der Waals surface area contributed by atoms with Crippen LogP contribution in [0.1, 0.15) is 0 Å². The fourth-order valence-electron chi connectivity index (χ4n) is 1.48. The highest BCUT2D eigenvalue weighted by Crippen LogP contribution is 2.15. The van der Waals surface area contributed by atoms with Crippen LogP contribution < -0.4 is 10.6 Å². The fourth-order valence-corrected chi connectivity index (χ4v) is 1.48. The van der Waals surface area contributed by atoms with Crippen molar-refractivity contribution in [2.45, 2.75) is 0 Å². The molecular weight excluding hydrogens is 194 g/mol. The van der Waals surface area contributed by atoms with Gasteiger partial charge >= 0.3 is 0 Å². The van der Waals surface area contributed by atoms with Gasteiger partial charge in [-0.25, -0.2) is 4.63 Å². The van der Waals surface area contributed by atoms with E-state index in [1.165, 1.54) is 0 Å². The van der Waals surface area contributed by atoms with Crippen molar-refractivity contribution >= 4 is 22.7 Å². The molecule has 0 fully saturated rings. The van der Waals surface area contributed by atoms with Crippen LogP contribution in [0, 0.1) is 0 Å². The summed E-state index contributed by atoms with van der Waals surface area (Å²) in [5.74, 6) is 0.797. The summed E-state index contributed by atoms with van der Waals surface area (Å²) in [7, 11) is 0. The highest BCUT2D eigenvalue weighted by atomic mass is 16.6. The number of guanidine groups is 1. The van der Waals surface area contributed by atoms with Gasteiger partial charge in [0.1, 0.15) is 11.0 Å². The molecule has 1 aromatic carbocycles. The summed E-state index contributed by atoms with van der Waals surface area (Å²) in [4.78, 5) is 4.23. The van der Waals surface area contributed by atoms with Crippen LogP contribution in [0.5, 0.6) is 0 Å². The lowest BCUT2D eigenvalue weighted by Crippen LogP contribution is -2.26. The van der Waals surface area contributed by atoms with Gasteiger partial charge in [-0.15, -0.1) is 0 Å². The van der Waals surface area contributed by atoms with E-state index in [4.69, 9.17) is 0 Å². The highest BCUT2D eigenvalue weighted by Gasteiger charge is 2.06. The third-order valence-corrected chi connectivity index (χ3v) is 2.19. The normalized spacial score (nSPS) is 15.1. The summed E-state index contributed by atoms with van der Waals surface area (Å²) >= 11 is 0. The van der Waals surface area contributed by atoms with Gasteiger partial charge in [-0.05, 0) is 28.5 Å². The second kappa shape index (κ2) is 3.23. The third kappa shape index (κ3) is 1.50. The van der Waals surface area contributed by atoms with E-state index in [0.717, 1.165) is 35.8 Å². The van der Waals surface area contributed by atoms with Crippen molar-refractivity contribution in [3.05, 3.63) is 18.2 Å². The Balaban J connectivity index is 1.90. The van der Waals surface area contributed by atoms with Crippen LogP contribution in [0.3, 0.4) is 0 Å². The molecule has 2 aromatic rings. The Labute approximate surface area is 85.3 Å². The lowest BCUT2D eigenvalue weighted by Gasteiger charge is -2.05. The predicted octanol–water partition coefficient (Wildman–Crippen LogP) is 0.594. The Kier molecular flexibility index (Phi) is 1.77. The van der Waals surface area contributed by atoms with E-state index in [2.05, 4.69) is 30.6 Å². The largest absolute Gasteiger partial charge is 0.354 e. The molecular formula is C9H9N5O. The summed E-state index contributed by atoms with van der Waals surface area (Å²) in [6, 6.07) is 5.63. The zero-order valence-electron chi connectivity index (χ0n) is 7.90. The lowest BCUT2D eigenvalue weighted by atomic mass is 10.3. The van der Waals surface area contributed by atoms with Crippen molar-refractivity contribution in [1.82, 2.24) is 15.6 Å². The fraction of sp³-hybridized carbons (Fsp3) is 0.222. The van der Waals surface area contributed by atoms with Gasteiger partial charge in [0.2, 0.25) is 0 Å². The van der Waals surface area contributed by atoms with Gasteiger partial charge in [0.25, 0.3) is 0 Å². The van der Waals surface area contributed by atoms with Crippen LogP contribution in [0.25, 0.3) is 11.0 Å². The summed E-state index contributed by atoms with van der Waals surface area (Å²) in [5.41, 5.74) is 2.41. The van der Waals surface area contributed by atoms with E-state index >= 15 is 0 Å². The molecule has 0 unspecified atom stereocenters. The number of nitrogens with one attached hydrogen (secondary N) is 2. The van der Waals surface area contributed by atoms with Crippen LogP contribution in [0.4, 0.5) is 5.69 Å². The zero-order chi connectivity index (χ0) is 10.1. The lowest BCUT2D eigenvalue weighted by molar-refractivity contribution is 0.315. The molecule has 0 saturated heterocycles. The number of fused-ring (bicyclic) bond motifs is 1. The minimum Gasteiger partial charge on any atom is -0.354 e. The summed E-state index contributed by atoms with van der Waals surface area (Å²) in [6.45, 7) is 1.70. The first-order valence-corrected chi connectivity index (χ1v) is 4.69. The topological polar surface area (TPSA) is 75.3 Å². The van der Waals surface area contributed by atoms with Crippen LogP contribution in [-0.4, -0.2) is 29.4 Å². The van der Waals surface area contributed by atoms with Gasteiger partial charge < -0.3 is 10.6 Å². The molecule has 1 aliphatic rings. The second-order valence-electron chi connectivity index (χ2n) is 3.25. The molecule has 76 valence electrons. The van der Waals surface area contributed by atoms with Gasteiger partial charge in [-0.3, -0.25) is 4.99 Å². The number of hydrogen-bond acceptors (Lipinski definition) is 6. The van der Waals surface area contributed by atoms with Gasteiger partial charge in [0.15, 0.2) is 5.96 Å². The molecule has 0 saturated carbocycles. The van der Waals surface area contributed by atoms with Crippen LogP contribution in [0.15, 0.2) is 27.8 Å². The van der Waals surface area contributed by atoms with Gasteiger partial charge in [0, 0.05) is 12.2 Å². The molecule has 0 bridgehead atoms.